The summed E-state index contributed by atoms with van der Waals surface area (Å²) in [7, 11) is 4.07. The van der Waals surface area contributed by atoms with E-state index in [2.05, 4.69) is 63.9 Å². The molecule has 0 radical (unpaired) electrons. The second kappa shape index (κ2) is 5.49. The van der Waals surface area contributed by atoms with Crippen LogP contribution in [0.25, 0.3) is 0 Å². The SMILES string of the molecule is CN(C)c1cc(CNC(C)(C)C)cc(C(C)(C)C)n1. The highest BCUT2D eigenvalue weighted by Crippen LogP contribution is 2.24. The first kappa shape index (κ1) is 16.0. The van der Waals surface area contributed by atoms with Crippen LogP contribution in [0.3, 0.4) is 0 Å². The minimum Gasteiger partial charge on any atom is -0.363 e. The number of rotatable bonds is 3. The van der Waals surface area contributed by atoms with E-state index < -0.39 is 0 Å². The summed E-state index contributed by atoms with van der Waals surface area (Å²) in [5.74, 6) is 1.03. The number of hydrogen-bond donors (Lipinski definition) is 1. The molecule has 0 aliphatic heterocycles. The number of nitrogens with one attached hydrogen (secondary N) is 1. The van der Waals surface area contributed by atoms with Crippen LogP contribution in [0.4, 0.5) is 5.82 Å². The standard InChI is InChI=1S/C16H29N3/c1-15(2,3)13-9-12(11-17-16(4,5)6)10-14(18-13)19(7)8/h9-10,17H,11H2,1-8H3. The lowest BCUT2D eigenvalue weighted by atomic mass is 9.90. The first-order chi connectivity index (χ1) is 8.49. The lowest BCUT2D eigenvalue weighted by molar-refractivity contribution is 0.423. The van der Waals surface area contributed by atoms with Crippen molar-refractivity contribution in [2.75, 3.05) is 19.0 Å². The van der Waals surface area contributed by atoms with Gasteiger partial charge in [-0.3, -0.25) is 0 Å². The molecule has 0 aliphatic rings. The molecule has 0 unspecified atom stereocenters. The summed E-state index contributed by atoms with van der Waals surface area (Å²) < 4.78 is 0. The van der Waals surface area contributed by atoms with E-state index in [1.165, 1.54) is 5.56 Å². The summed E-state index contributed by atoms with van der Waals surface area (Å²) in [6, 6.07) is 4.37. The van der Waals surface area contributed by atoms with E-state index in [1.54, 1.807) is 0 Å². The summed E-state index contributed by atoms with van der Waals surface area (Å²) in [5, 5.41) is 3.54. The third kappa shape index (κ3) is 5.19. The van der Waals surface area contributed by atoms with E-state index in [4.69, 9.17) is 4.98 Å². The minimum absolute atomic E-state index is 0.0719. The predicted molar refractivity (Wildman–Crippen MR) is 83.9 cm³/mol. The smallest absolute Gasteiger partial charge is 0.128 e. The molecule has 1 heterocycles. The Labute approximate surface area is 118 Å². The van der Waals surface area contributed by atoms with Crippen LogP contribution >= 0.6 is 0 Å². The van der Waals surface area contributed by atoms with Gasteiger partial charge in [0, 0.05) is 37.3 Å². The Morgan fingerprint density at radius 1 is 1.05 bits per heavy atom. The fourth-order valence-electron chi connectivity index (χ4n) is 1.65. The number of hydrogen-bond acceptors (Lipinski definition) is 3. The molecule has 1 aromatic heterocycles. The van der Waals surface area contributed by atoms with Crippen LogP contribution in [0.2, 0.25) is 0 Å². The normalized spacial score (nSPS) is 12.6. The zero-order chi connectivity index (χ0) is 14.8. The Morgan fingerprint density at radius 3 is 2.05 bits per heavy atom. The fourth-order valence-corrected chi connectivity index (χ4v) is 1.65. The first-order valence-corrected chi connectivity index (χ1v) is 6.93. The molecule has 3 heteroatoms. The lowest BCUT2D eigenvalue weighted by Gasteiger charge is -2.24. The number of aromatic nitrogens is 1. The number of pyridine rings is 1. The Kier molecular flexibility index (Phi) is 4.62. The van der Waals surface area contributed by atoms with E-state index in [9.17, 15) is 0 Å². The summed E-state index contributed by atoms with van der Waals surface area (Å²) in [4.78, 5) is 6.81. The van der Waals surface area contributed by atoms with Gasteiger partial charge in [0.05, 0.1) is 0 Å². The van der Waals surface area contributed by atoms with Gasteiger partial charge in [-0.1, -0.05) is 20.8 Å². The second-order valence-corrected chi connectivity index (χ2v) is 7.47. The molecule has 0 fully saturated rings. The van der Waals surface area contributed by atoms with Crippen molar-refractivity contribution in [1.29, 1.82) is 0 Å². The molecule has 0 bridgehead atoms. The van der Waals surface area contributed by atoms with Crippen molar-refractivity contribution >= 4 is 5.82 Å². The maximum Gasteiger partial charge on any atom is 0.128 e. The van der Waals surface area contributed by atoms with Crippen molar-refractivity contribution in [3.8, 4) is 0 Å². The summed E-state index contributed by atoms with van der Waals surface area (Å²) in [6.07, 6.45) is 0. The van der Waals surface area contributed by atoms with Gasteiger partial charge in [0.1, 0.15) is 5.82 Å². The van der Waals surface area contributed by atoms with Gasteiger partial charge < -0.3 is 10.2 Å². The lowest BCUT2D eigenvalue weighted by Crippen LogP contribution is -2.35. The molecule has 0 aliphatic carbocycles. The molecule has 0 saturated carbocycles. The van der Waals surface area contributed by atoms with Gasteiger partial charge in [0.25, 0.3) is 0 Å². The molecule has 108 valence electrons. The average Bonchev–Trinajstić information content (AvgIpc) is 2.23. The van der Waals surface area contributed by atoms with E-state index >= 15 is 0 Å². The Hall–Kier alpha value is -1.09. The van der Waals surface area contributed by atoms with E-state index in [1.807, 2.05) is 14.1 Å². The van der Waals surface area contributed by atoms with Crippen LogP contribution < -0.4 is 10.2 Å². The Morgan fingerprint density at radius 2 is 1.63 bits per heavy atom. The van der Waals surface area contributed by atoms with Crippen molar-refractivity contribution in [2.24, 2.45) is 0 Å². The number of anilines is 1. The van der Waals surface area contributed by atoms with Gasteiger partial charge in [-0.05, 0) is 38.5 Å². The van der Waals surface area contributed by atoms with Crippen molar-refractivity contribution in [2.45, 2.75) is 59.0 Å². The molecule has 19 heavy (non-hydrogen) atoms. The maximum atomic E-state index is 4.75. The van der Waals surface area contributed by atoms with Gasteiger partial charge in [-0.25, -0.2) is 4.98 Å². The van der Waals surface area contributed by atoms with Gasteiger partial charge in [-0.2, -0.15) is 0 Å². The highest BCUT2D eigenvalue weighted by Gasteiger charge is 2.18. The summed E-state index contributed by atoms with van der Waals surface area (Å²) >= 11 is 0. The maximum absolute atomic E-state index is 4.75. The highest BCUT2D eigenvalue weighted by molar-refractivity contribution is 5.42. The molecule has 0 spiro atoms. The highest BCUT2D eigenvalue weighted by atomic mass is 15.1. The van der Waals surface area contributed by atoms with Crippen LogP contribution in [0.15, 0.2) is 12.1 Å². The Balaban J connectivity index is 3.07. The first-order valence-electron chi connectivity index (χ1n) is 6.93. The van der Waals surface area contributed by atoms with Crippen LogP contribution in [0.1, 0.15) is 52.8 Å². The molecule has 1 aromatic rings. The average molecular weight is 263 g/mol. The van der Waals surface area contributed by atoms with Gasteiger partial charge in [0.2, 0.25) is 0 Å². The monoisotopic (exact) mass is 263 g/mol. The van der Waals surface area contributed by atoms with Crippen LogP contribution in [0.5, 0.6) is 0 Å². The Bertz CT molecular complexity index is 423. The van der Waals surface area contributed by atoms with Gasteiger partial charge in [0.15, 0.2) is 0 Å². The molecular formula is C16H29N3. The minimum atomic E-state index is 0.0719. The molecule has 0 aromatic carbocycles. The largest absolute Gasteiger partial charge is 0.363 e. The topological polar surface area (TPSA) is 28.2 Å². The van der Waals surface area contributed by atoms with Crippen LogP contribution in [-0.4, -0.2) is 24.6 Å². The molecule has 1 rings (SSSR count). The zero-order valence-corrected chi connectivity index (χ0v) is 13.8. The number of nitrogens with zero attached hydrogens (tertiary/aromatic N) is 2. The second-order valence-electron chi connectivity index (χ2n) is 7.47. The molecule has 3 nitrogen and oxygen atoms in total. The molecule has 1 N–H and O–H groups in total. The van der Waals surface area contributed by atoms with E-state index in [0.717, 1.165) is 18.1 Å². The summed E-state index contributed by atoms with van der Waals surface area (Å²) in [5.41, 5.74) is 2.63. The predicted octanol–water partition coefficient (Wildman–Crippen LogP) is 3.33. The zero-order valence-electron chi connectivity index (χ0n) is 13.8. The van der Waals surface area contributed by atoms with Crippen LogP contribution in [-0.2, 0) is 12.0 Å². The van der Waals surface area contributed by atoms with Crippen molar-refractivity contribution < 1.29 is 0 Å². The molecule has 0 amide bonds. The third-order valence-electron chi connectivity index (χ3n) is 2.92. The molecular weight excluding hydrogens is 234 g/mol. The van der Waals surface area contributed by atoms with Crippen molar-refractivity contribution in [3.05, 3.63) is 23.4 Å². The van der Waals surface area contributed by atoms with Gasteiger partial charge in [-0.15, -0.1) is 0 Å². The molecule has 0 atom stereocenters. The quantitative estimate of drug-likeness (QED) is 0.906. The van der Waals surface area contributed by atoms with E-state index in [0.29, 0.717) is 0 Å². The van der Waals surface area contributed by atoms with Crippen LogP contribution in [0, 0.1) is 0 Å². The van der Waals surface area contributed by atoms with E-state index in [-0.39, 0.29) is 11.0 Å². The van der Waals surface area contributed by atoms with Crippen molar-refractivity contribution in [3.63, 3.8) is 0 Å². The summed E-state index contributed by atoms with van der Waals surface area (Å²) in [6.45, 7) is 14.0. The van der Waals surface area contributed by atoms with Gasteiger partial charge >= 0.3 is 0 Å². The molecule has 0 saturated heterocycles. The van der Waals surface area contributed by atoms with Crippen molar-refractivity contribution in [1.82, 2.24) is 10.3 Å². The fraction of sp³-hybridized carbons (Fsp3) is 0.688. The third-order valence-corrected chi connectivity index (χ3v) is 2.92.